The fourth-order valence-corrected chi connectivity index (χ4v) is 2.73. The first-order chi connectivity index (χ1) is 12.2. The number of pyridine rings is 1. The van der Waals surface area contributed by atoms with Gasteiger partial charge in [-0.15, -0.1) is 0 Å². The Labute approximate surface area is 148 Å². The third kappa shape index (κ3) is 4.10. The zero-order valence-corrected chi connectivity index (χ0v) is 14.8. The quantitative estimate of drug-likeness (QED) is 0.641. The summed E-state index contributed by atoms with van der Waals surface area (Å²) in [6.45, 7) is 4.24. The van der Waals surface area contributed by atoms with Crippen molar-refractivity contribution in [1.29, 1.82) is 0 Å². The topological polar surface area (TPSA) is 46.2 Å². The van der Waals surface area contributed by atoms with Crippen molar-refractivity contribution in [3.8, 4) is 16.9 Å². The number of ether oxygens (including phenoxy) is 1. The molecule has 0 aliphatic heterocycles. The lowest BCUT2D eigenvalue weighted by molar-refractivity contribution is 0.417. The minimum absolute atomic E-state index is 0.336. The number of nitrogens with zero attached hydrogens (tertiary/aromatic N) is 1. The van der Waals surface area contributed by atoms with E-state index in [1.54, 1.807) is 13.3 Å². The SMILES string of the molecule is COc1cc(NC(C)C)cc(-c2ccccc2)c1Nc1ccccn1. The fourth-order valence-electron chi connectivity index (χ4n) is 2.73. The second-order valence-electron chi connectivity index (χ2n) is 6.11. The number of aromatic nitrogens is 1. The number of nitrogens with one attached hydrogen (secondary N) is 2. The summed E-state index contributed by atoms with van der Waals surface area (Å²) in [5, 5.41) is 6.86. The van der Waals surface area contributed by atoms with Crippen molar-refractivity contribution in [2.24, 2.45) is 0 Å². The van der Waals surface area contributed by atoms with E-state index in [-0.39, 0.29) is 0 Å². The first-order valence-corrected chi connectivity index (χ1v) is 8.39. The number of methoxy groups -OCH3 is 1. The molecule has 128 valence electrons. The number of anilines is 3. The molecule has 1 heterocycles. The molecule has 1 aromatic heterocycles. The molecule has 0 unspecified atom stereocenters. The van der Waals surface area contributed by atoms with Gasteiger partial charge in [-0.2, -0.15) is 0 Å². The molecule has 4 heteroatoms. The first kappa shape index (κ1) is 16.8. The predicted octanol–water partition coefficient (Wildman–Crippen LogP) is 5.32. The van der Waals surface area contributed by atoms with Gasteiger partial charge in [0.15, 0.2) is 0 Å². The van der Waals surface area contributed by atoms with Crippen molar-refractivity contribution in [3.63, 3.8) is 0 Å². The molecular weight excluding hydrogens is 310 g/mol. The average molecular weight is 333 g/mol. The second kappa shape index (κ2) is 7.71. The van der Waals surface area contributed by atoms with Crippen LogP contribution in [-0.4, -0.2) is 18.1 Å². The van der Waals surface area contributed by atoms with Crippen LogP contribution in [0.1, 0.15) is 13.8 Å². The third-order valence-electron chi connectivity index (χ3n) is 3.78. The minimum atomic E-state index is 0.336. The Morgan fingerprint density at radius 3 is 2.36 bits per heavy atom. The van der Waals surface area contributed by atoms with E-state index in [0.29, 0.717) is 6.04 Å². The lowest BCUT2D eigenvalue weighted by atomic mass is 10.0. The summed E-state index contributed by atoms with van der Waals surface area (Å²) in [6.07, 6.45) is 1.77. The van der Waals surface area contributed by atoms with E-state index >= 15 is 0 Å². The fraction of sp³-hybridized carbons (Fsp3) is 0.190. The summed E-state index contributed by atoms with van der Waals surface area (Å²) in [6, 6.07) is 20.6. The molecule has 0 radical (unpaired) electrons. The van der Waals surface area contributed by atoms with E-state index in [1.165, 1.54) is 0 Å². The van der Waals surface area contributed by atoms with Crippen LogP contribution in [0.3, 0.4) is 0 Å². The van der Waals surface area contributed by atoms with Crippen LogP contribution in [0.25, 0.3) is 11.1 Å². The second-order valence-corrected chi connectivity index (χ2v) is 6.11. The van der Waals surface area contributed by atoms with Gasteiger partial charge in [0.2, 0.25) is 0 Å². The molecule has 0 amide bonds. The van der Waals surface area contributed by atoms with Gasteiger partial charge in [0.1, 0.15) is 11.6 Å². The molecular formula is C21H23N3O. The summed E-state index contributed by atoms with van der Waals surface area (Å²) >= 11 is 0. The molecule has 0 saturated carbocycles. The molecule has 0 atom stereocenters. The molecule has 25 heavy (non-hydrogen) atoms. The summed E-state index contributed by atoms with van der Waals surface area (Å²) in [5.41, 5.74) is 4.11. The lowest BCUT2D eigenvalue weighted by Gasteiger charge is -2.19. The molecule has 3 rings (SSSR count). The van der Waals surface area contributed by atoms with Gasteiger partial charge in [0.25, 0.3) is 0 Å². The largest absolute Gasteiger partial charge is 0.494 e. The van der Waals surface area contributed by atoms with Gasteiger partial charge in [-0.3, -0.25) is 0 Å². The van der Waals surface area contributed by atoms with Crippen LogP contribution < -0.4 is 15.4 Å². The Hall–Kier alpha value is -3.01. The van der Waals surface area contributed by atoms with Crippen molar-refractivity contribution < 1.29 is 4.74 Å². The van der Waals surface area contributed by atoms with E-state index in [9.17, 15) is 0 Å². The highest BCUT2D eigenvalue weighted by atomic mass is 16.5. The summed E-state index contributed by atoms with van der Waals surface area (Å²) in [5.74, 6) is 1.55. The van der Waals surface area contributed by atoms with Gasteiger partial charge in [-0.1, -0.05) is 36.4 Å². The maximum Gasteiger partial charge on any atom is 0.145 e. The van der Waals surface area contributed by atoms with Crippen LogP contribution in [0.5, 0.6) is 5.75 Å². The van der Waals surface area contributed by atoms with E-state index in [2.05, 4.69) is 47.7 Å². The Balaban J connectivity index is 2.13. The van der Waals surface area contributed by atoms with Crippen LogP contribution in [0, 0.1) is 0 Å². The maximum absolute atomic E-state index is 5.67. The van der Waals surface area contributed by atoms with Crippen LogP contribution in [-0.2, 0) is 0 Å². The van der Waals surface area contributed by atoms with Gasteiger partial charge in [-0.25, -0.2) is 4.98 Å². The molecule has 0 fully saturated rings. The Morgan fingerprint density at radius 1 is 0.960 bits per heavy atom. The summed E-state index contributed by atoms with van der Waals surface area (Å²) < 4.78 is 5.67. The van der Waals surface area contributed by atoms with E-state index in [4.69, 9.17) is 4.74 Å². The molecule has 0 spiro atoms. The normalized spacial score (nSPS) is 10.6. The highest BCUT2D eigenvalue weighted by Gasteiger charge is 2.14. The Bertz CT molecular complexity index is 817. The monoisotopic (exact) mass is 333 g/mol. The van der Waals surface area contributed by atoms with Gasteiger partial charge in [0, 0.05) is 29.6 Å². The van der Waals surface area contributed by atoms with Crippen LogP contribution >= 0.6 is 0 Å². The van der Waals surface area contributed by atoms with Crippen LogP contribution in [0.4, 0.5) is 17.2 Å². The third-order valence-corrected chi connectivity index (χ3v) is 3.78. The highest BCUT2D eigenvalue weighted by Crippen LogP contribution is 2.40. The van der Waals surface area contributed by atoms with Gasteiger partial charge in [0.05, 0.1) is 12.8 Å². The summed E-state index contributed by atoms with van der Waals surface area (Å²) in [4.78, 5) is 4.37. The average Bonchev–Trinajstić information content (AvgIpc) is 2.63. The van der Waals surface area contributed by atoms with Crippen LogP contribution in [0.15, 0.2) is 66.9 Å². The Morgan fingerprint density at radius 2 is 1.72 bits per heavy atom. The predicted molar refractivity (Wildman–Crippen MR) is 105 cm³/mol. The molecule has 3 aromatic rings. The van der Waals surface area contributed by atoms with Gasteiger partial charge in [-0.05, 0) is 37.6 Å². The molecule has 0 bridgehead atoms. The van der Waals surface area contributed by atoms with E-state index in [1.807, 2.05) is 42.5 Å². The van der Waals surface area contributed by atoms with Crippen molar-refractivity contribution in [2.75, 3.05) is 17.7 Å². The number of hydrogen-bond acceptors (Lipinski definition) is 4. The molecule has 0 aliphatic rings. The van der Waals surface area contributed by atoms with E-state index < -0.39 is 0 Å². The number of hydrogen-bond donors (Lipinski definition) is 2. The zero-order valence-electron chi connectivity index (χ0n) is 14.8. The van der Waals surface area contributed by atoms with Crippen molar-refractivity contribution in [3.05, 3.63) is 66.9 Å². The maximum atomic E-state index is 5.67. The van der Waals surface area contributed by atoms with Gasteiger partial charge < -0.3 is 15.4 Å². The molecule has 2 aromatic carbocycles. The standard InChI is InChI=1S/C21H23N3O/c1-15(2)23-17-13-18(16-9-5-4-6-10-16)21(19(14-17)25-3)24-20-11-7-8-12-22-20/h4-15,23H,1-3H3,(H,22,24). The zero-order chi connectivity index (χ0) is 17.6. The number of rotatable bonds is 6. The first-order valence-electron chi connectivity index (χ1n) is 8.39. The molecule has 0 saturated heterocycles. The lowest BCUT2D eigenvalue weighted by Crippen LogP contribution is -2.10. The van der Waals surface area contributed by atoms with Crippen molar-refractivity contribution >= 4 is 17.2 Å². The molecule has 0 aliphatic carbocycles. The summed E-state index contributed by atoms with van der Waals surface area (Å²) in [7, 11) is 1.69. The molecule has 4 nitrogen and oxygen atoms in total. The smallest absolute Gasteiger partial charge is 0.145 e. The van der Waals surface area contributed by atoms with Gasteiger partial charge >= 0.3 is 0 Å². The van der Waals surface area contributed by atoms with Crippen molar-refractivity contribution in [2.45, 2.75) is 19.9 Å². The molecule has 2 N–H and O–H groups in total. The Kier molecular flexibility index (Phi) is 5.19. The van der Waals surface area contributed by atoms with Crippen molar-refractivity contribution in [1.82, 2.24) is 4.98 Å². The minimum Gasteiger partial charge on any atom is -0.494 e. The highest BCUT2D eigenvalue weighted by molar-refractivity contribution is 5.87. The van der Waals surface area contributed by atoms with E-state index in [0.717, 1.165) is 34.1 Å². The number of benzene rings is 2. The van der Waals surface area contributed by atoms with Crippen LogP contribution in [0.2, 0.25) is 0 Å².